The molecule has 0 aliphatic rings. The molecule has 0 aromatic heterocycles. The number of hydrogen-bond donors (Lipinski definition) is 2. The lowest BCUT2D eigenvalue weighted by atomic mass is 10.0. The summed E-state index contributed by atoms with van der Waals surface area (Å²) in [5.41, 5.74) is 1.31. The molecule has 2 rings (SSSR count). The van der Waals surface area contributed by atoms with E-state index in [2.05, 4.69) is 5.32 Å². The third-order valence-corrected chi connectivity index (χ3v) is 2.80. The summed E-state index contributed by atoms with van der Waals surface area (Å²) in [6.07, 6.45) is 0.352. The molecule has 2 aromatic rings. The molecule has 0 radical (unpaired) electrons. The fourth-order valence-corrected chi connectivity index (χ4v) is 1.84. The normalized spacial score (nSPS) is 10.1. The van der Waals surface area contributed by atoms with E-state index >= 15 is 0 Å². The maximum atomic E-state index is 11.6. The van der Waals surface area contributed by atoms with Crippen LogP contribution < -0.4 is 10.1 Å². The van der Waals surface area contributed by atoms with Crippen LogP contribution in [0.4, 0.5) is 4.79 Å². The summed E-state index contributed by atoms with van der Waals surface area (Å²) in [6.45, 7) is 2.54. The summed E-state index contributed by atoms with van der Waals surface area (Å²) in [5.74, 6) is 0.570. The van der Waals surface area contributed by atoms with Gasteiger partial charge in [-0.05, 0) is 18.6 Å². The minimum Gasteiger partial charge on any atom is -0.507 e. The van der Waals surface area contributed by atoms with E-state index in [4.69, 9.17) is 4.74 Å². The minimum atomic E-state index is -0.491. The summed E-state index contributed by atoms with van der Waals surface area (Å²) in [7, 11) is 0. The van der Waals surface area contributed by atoms with Crippen LogP contribution in [0.5, 0.6) is 11.5 Å². The standard InChI is InChI=1S/C16H17NO3/c1-2-11-17-16(19)20-15-10-6-4-8-13(15)12-7-3-5-9-14(12)18/h3-10,18H,2,11H2,1H3,(H,17,19). The van der Waals surface area contributed by atoms with E-state index in [0.29, 0.717) is 23.4 Å². The van der Waals surface area contributed by atoms with Gasteiger partial charge < -0.3 is 15.2 Å². The van der Waals surface area contributed by atoms with Crippen molar-refractivity contribution >= 4 is 6.09 Å². The molecule has 2 N–H and O–H groups in total. The molecule has 4 nitrogen and oxygen atoms in total. The Morgan fingerprint density at radius 3 is 2.45 bits per heavy atom. The summed E-state index contributed by atoms with van der Waals surface area (Å²) in [5, 5.41) is 12.6. The fraction of sp³-hybridized carbons (Fsp3) is 0.188. The van der Waals surface area contributed by atoms with Crippen molar-refractivity contribution in [3.63, 3.8) is 0 Å². The van der Waals surface area contributed by atoms with Gasteiger partial charge in [-0.1, -0.05) is 43.3 Å². The van der Waals surface area contributed by atoms with Gasteiger partial charge in [0.05, 0.1) is 0 Å². The van der Waals surface area contributed by atoms with Gasteiger partial charge in [-0.2, -0.15) is 0 Å². The smallest absolute Gasteiger partial charge is 0.412 e. The van der Waals surface area contributed by atoms with Gasteiger partial charge in [0, 0.05) is 17.7 Å². The molecule has 1 amide bonds. The molecule has 0 aliphatic carbocycles. The second-order valence-corrected chi connectivity index (χ2v) is 4.33. The molecule has 0 spiro atoms. The first kappa shape index (κ1) is 13.9. The molecule has 2 aromatic carbocycles. The quantitative estimate of drug-likeness (QED) is 0.894. The highest BCUT2D eigenvalue weighted by atomic mass is 16.6. The Hall–Kier alpha value is -2.49. The number of hydrogen-bond acceptors (Lipinski definition) is 3. The maximum Gasteiger partial charge on any atom is 0.412 e. The van der Waals surface area contributed by atoms with E-state index in [-0.39, 0.29) is 5.75 Å². The van der Waals surface area contributed by atoms with Crippen LogP contribution >= 0.6 is 0 Å². The molecule has 0 saturated heterocycles. The predicted octanol–water partition coefficient (Wildman–Crippen LogP) is 3.56. The Morgan fingerprint density at radius 2 is 1.75 bits per heavy atom. The summed E-state index contributed by atoms with van der Waals surface area (Å²) >= 11 is 0. The lowest BCUT2D eigenvalue weighted by molar-refractivity contribution is 0.200. The van der Waals surface area contributed by atoms with E-state index in [1.807, 2.05) is 19.1 Å². The SMILES string of the molecule is CCCNC(=O)Oc1ccccc1-c1ccccc1O. The first-order chi connectivity index (χ1) is 9.72. The Bertz CT molecular complexity index is 596. The molecule has 104 valence electrons. The number of benzene rings is 2. The lowest BCUT2D eigenvalue weighted by Crippen LogP contribution is -2.27. The first-order valence-corrected chi connectivity index (χ1v) is 6.55. The van der Waals surface area contributed by atoms with Gasteiger partial charge in [-0.3, -0.25) is 0 Å². The van der Waals surface area contributed by atoms with Crippen LogP contribution in [0.15, 0.2) is 48.5 Å². The number of phenolic OH excluding ortho intramolecular Hbond substituents is 1. The highest BCUT2D eigenvalue weighted by Gasteiger charge is 2.12. The van der Waals surface area contributed by atoms with Gasteiger partial charge in [0.25, 0.3) is 0 Å². The minimum absolute atomic E-state index is 0.150. The third kappa shape index (κ3) is 3.29. The molecule has 0 saturated carbocycles. The number of ether oxygens (including phenoxy) is 1. The average molecular weight is 271 g/mol. The first-order valence-electron chi connectivity index (χ1n) is 6.55. The van der Waals surface area contributed by atoms with Crippen LogP contribution in [0.3, 0.4) is 0 Å². The maximum absolute atomic E-state index is 11.6. The Morgan fingerprint density at radius 1 is 1.10 bits per heavy atom. The second-order valence-electron chi connectivity index (χ2n) is 4.33. The zero-order valence-electron chi connectivity index (χ0n) is 11.3. The number of carbonyl (C=O) groups excluding carboxylic acids is 1. The molecule has 20 heavy (non-hydrogen) atoms. The van der Waals surface area contributed by atoms with E-state index in [1.54, 1.807) is 36.4 Å². The van der Waals surface area contributed by atoms with Gasteiger partial charge in [-0.15, -0.1) is 0 Å². The van der Waals surface area contributed by atoms with Crippen molar-refractivity contribution in [3.8, 4) is 22.6 Å². The zero-order valence-corrected chi connectivity index (χ0v) is 11.3. The van der Waals surface area contributed by atoms with E-state index in [9.17, 15) is 9.90 Å². The van der Waals surface area contributed by atoms with Gasteiger partial charge in [-0.25, -0.2) is 4.79 Å². The average Bonchev–Trinajstić information content (AvgIpc) is 2.46. The fourth-order valence-electron chi connectivity index (χ4n) is 1.84. The molecule has 0 aliphatic heterocycles. The molecular formula is C16H17NO3. The summed E-state index contributed by atoms with van der Waals surface area (Å²) in [4.78, 5) is 11.6. The van der Waals surface area contributed by atoms with Crippen molar-refractivity contribution in [3.05, 3.63) is 48.5 Å². The van der Waals surface area contributed by atoms with Crippen molar-refractivity contribution in [2.75, 3.05) is 6.54 Å². The van der Waals surface area contributed by atoms with Gasteiger partial charge >= 0.3 is 6.09 Å². The number of amides is 1. The van der Waals surface area contributed by atoms with Gasteiger partial charge in [0.15, 0.2) is 0 Å². The monoisotopic (exact) mass is 271 g/mol. The van der Waals surface area contributed by atoms with Crippen molar-refractivity contribution in [2.45, 2.75) is 13.3 Å². The van der Waals surface area contributed by atoms with Crippen LogP contribution in [-0.4, -0.2) is 17.7 Å². The summed E-state index contributed by atoms with van der Waals surface area (Å²) < 4.78 is 5.30. The number of carbonyl (C=O) groups is 1. The molecule has 0 atom stereocenters. The molecule has 0 bridgehead atoms. The van der Waals surface area contributed by atoms with Crippen molar-refractivity contribution < 1.29 is 14.6 Å². The zero-order chi connectivity index (χ0) is 14.4. The Labute approximate surface area is 118 Å². The van der Waals surface area contributed by atoms with Crippen molar-refractivity contribution in [1.29, 1.82) is 0 Å². The van der Waals surface area contributed by atoms with Gasteiger partial charge in [0.1, 0.15) is 11.5 Å². The topological polar surface area (TPSA) is 58.6 Å². The van der Waals surface area contributed by atoms with Gasteiger partial charge in [0.2, 0.25) is 0 Å². The van der Waals surface area contributed by atoms with E-state index in [0.717, 1.165) is 6.42 Å². The number of aromatic hydroxyl groups is 1. The second kappa shape index (κ2) is 6.61. The van der Waals surface area contributed by atoms with Crippen molar-refractivity contribution in [2.24, 2.45) is 0 Å². The number of rotatable bonds is 4. The Balaban J connectivity index is 2.27. The highest BCUT2D eigenvalue weighted by molar-refractivity contribution is 5.79. The molecule has 0 unspecified atom stereocenters. The van der Waals surface area contributed by atoms with E-state index in [1.165, 1.54) is 0 Å². The van der Waals surface area contributed by atoms with Crippen LogP contribution in [0, 0.1) is 0 Å². The van der Waals surface area contributed by atoms with Crippen LogP contribution in [-0.2, 0) is 0 Å². The number of nitrogens with one attached hydrogen (secondary N) is 1. The molecule has 0 fully saturated rings. The van der Waals surface area contributed by atoms with Crippen LogP contribution in [0.2, 0.25) is 0 Å². The van der Waals surface area contributed by atoms with Crippen LogP contribution in [0.25, 0.3) is 11.1 Å². The number of para-hydroxylation sites is 2. The van der Waals surface area contributed by atoms with Crippen molar-refractivity contribution in [1.82, 2.24) is 5.32 Å². The molecule has 0 heterocycles. The third-order valence-electron chi connectivity index (χ3n) is 2.80. The molecule has 4 heteroatoms. The number of phenols is 1. The van der Waals surface area contributed by atoms with Crippen LogP contribution in [0.1, 0.15) is 13.3 Å². The molecular weight excluding hydrogens is 254 g/mol. The van der Waals surface area contributed by atoms with E-state index < -0.39 is 6.09 Å². The highest BCUT2D eigenvalue weighted by Crippen LogP contribution is 2.35. The largest absolute Gasteiger partial charge is 0.507 e. The Kier molecular flexibility index (Phi) is 4.60. The predicted molar refractivity (Wildman–Crippen MR) is 77.9 cm³/mol. The summed E-state index contributed by atoms with van der Waals surface area (Å²) in [6, 6.07) is 14.1. The lowest BCUT2D eigenvalue weighted by Gasteiger charge is -2.11.